The van der Waals surface area contributed by atoms with Crippen molar-refractivity contribution in [2.75, 3.05) is 0 Å². The van der Waals surface area contributed by atoms with Crippen molar-refractivity contribution in [2.24, 2.45) is 0 Å². The van der Waals surface area contributed by atoms with Gasteiger partial charge in [0, 0.05) is 6.04 Å². The van der Waals surface area contributed by atoms with Gasteiger partial charge >= 0.3 is 0 Å². The Labute approximate surface area is 147 Å². The molecule has 0 aromatic heterocycles. The highest BCUT2D eigenvalue weighted by molar-refractivity contribution is 7.89. The van der Waals surface area contributed by atoms with Crippen molar-refractivity contribution in [3.63, 3.8) is 0 Å². The number of rotatable bonds is 4. The number of hydrogen-bond donors (Lipinski definition) is 2. The van der Waals surface area contributed by atoms with Crippen molar-refractivity contribution >= 4 is 10.0 Å². The molecule has 2 N–H and O–H groups in total. The van der Waals surface area contributed by atoms with Crippen LogP contribution < -0.4 is 4.72 Å². The summed E-state index contributed by atoms with van der Waals surface area (Å²) in [5, 5.41) is 9.53. The highest BCUT2D eigenvalue weighted by Crippen LogP contribution is 2.27. The minimum absolute atomic E-state index is 0.134. The monoisotopic (exact) mass is 363 g/mol. The summed E-state index contributed by atoms with van der Waals surface area (Å²) in [6.07, 6.45) is 2.21. The van der Waals surface area contributed by atoms with Gasteiger partial charge in [-0.05, 0) is 73.6 Å². The molecule has 3 rings (SSSR count). The molecule has 0 aliphatic heterocycles. The second-order valence-electron chi connectivity index (χ2n) is 6.61. The molecule has 1 saturated carbocycles. The van der Waals surface area contributed by atoms with Gasteiger partial charge in [0.15, 0.2) is 0 Å². The van der Waals surface area contributed by atoms with E-state index < -0.39 is 10.0 Å². The first-order chi connectivity index (χ1) is 11.8. The van der Waals surface area contributed by atoms with Crippen LogP contribution in [0.25, 0.3) is 11.1 Å². The Balaban J connectivity index is 1.80. The van der Waals surface area contributed by atoms with E-state index in [0.29, 0.717) is 25.7 Å². The lowest BCUT2D eigenvalue weighted by Gasteiger charge is -2.26. The summed E-state index contributed by atoms with van der Waals surface area (Å²) in [7, 11) is -3.60. The predicted octanol–water partition coefficient (Wildman–Crippen LogP) is 3.38. The fraction of sp³-hybridized carbons (Fsp3) is 0.368. The van der Waals surface area contributed by atoms with Crippen molar-refractivity contribution in [1.82, 2.24) is 4.72 Å². The minimum atomic E-state index is -3.60. The van der Waals surface area contributed by atoms with Gasteiger partial charge in [0.1, 0.15) is 5.82 Å². The summed E-state index contributed by atoms with van der Waals surface area (Å²) < 4.78 is 41.0. The minimum Gasteiger partial charge on any atom is -0.393 e. The van der Waals surface area contributed by atoms with Crippen LogP contribution in [0, 0.1) is 12.7 Å². The second-order valence-corrected chi connectivity index (χ2v) is 8.32. The maximum atomic E-state index is 13.1. The lowest BCUT2D eigenvalue weighted by molar-refractivity contribution is 0.120. The third-order valence-corrected chi connectivity index (χ3v) is 6.20. The third kappa shape index (κ3) is 4.26. The molecule has 25 heavy (non-hydrogen) atoms. The number of hydrogen-bond acceptors (Lipinski definition) is 3. The summed E-state index contributed by atoms with van der Waals surface area (Å²) in [5.74, 6) is -0.303. The first-order valence-corrected chi connectivity index (χ1v) is 9.90. The average Bonchev–Trinajstić information content (AvgIpc) is 2.58. The largest absolute Gasteiger partial charge is 0.393 e. The molecule has 0 saturated heterocycles. The van der Waals surface area contributed by atoms with E-state index in [2.05, 4.69) is 4.72 Å². The summed E-state index contributed by atoms with van der Waals surface area (Å²) in [5.41, 5.74) is 2.53. The Morgan fingerprint density at radius 3 is 2.28 bits per heavy atom. The average molecular weight is 363 g/mol. The van der Waals surface area contributed by atoms with Crippen molar-refractivity contribution in [3.8, 4) is 11.1 Å². The number of aryl methyl sites for hydroxylation is 1. The summed E-state index contributed by atoms with van der Waals surface area (Å²) in [4.78, 5) is 0.224. The van der Waals surface area contributed by atoms with E-state index in [1.54, 1.807) is 30.3 Å². The zero-order valence-electron chi connectivity index (χ0n) is 14.1. The number of nitrogens with one attached hydrogen (secondary N) is 1. The van der Waals surface area contributed by atoms with Gasteiger partial charge in [-0.3, -0.25) is 0 Å². The van der Waals surface area contributed by atoms with E-state index in [9.17, 15) is 17.9 Å². The molecule has 1 aliphatic rings. The Kier molecular flexibility index (Phi) is 5.22. The molecule has 4 nitrogen and oxygen atoms in total. The van der Waals surface area contributed by atoms with Crippen molar-refractivity contribution in [1.29, 1.82) is 0 Å². The SMILES string of the molecule is Cc1cc(S(=O)(=O)NC2CCC(O)CC2)ccc1-c1ccc(F)cc1. The molecule has 2 aromatic rings. The maximum absolute atomic E-state index is 13.1. The van der Waals surface area contributed by atoms with Crippen molar-refractivity contribution in [3.05, 3.63) is 53.8 Å². The second kappa shape index (κ2) is 7.23. The van der Waals surface area contributed by atoms with Crippen molar-refractivity contribution < 1.29 is 17.9 Å². The van der Waals surface area contributed by atoms with E-state index in [4.69, 9.17) is 0 Å². The molecule has 2 aromatic carbocycles. The van der Waals surface area contributed by atoms with E-state index in [1.165, 1.54) is 12.1 Å². The highest BCUT2D eigenvalue weighted by atomic mass is 32.2. The summed E-state index contributed by atoms with van der Waals surface area (Å²) in [6.45, 7) is 1.84. The van der Waals surface area contributed by atoms with E-state index in [-0.39, 0.29) is 22.9 Å². The molecule has 6 heteroatoms. The molecular formula is C19H22FNO3S. The maximum Gasteiger partial charge on any atom is 0.240 e. The Hall–Kier alpha value is -1.76. The fourth-order valence-corrected chi connectivity index (χ4v) is 4.63. The van der Waals surface area contributed by atoms with E-state index in [1.807, 2.05) is 6.92 Å². The highest BCUT2D eigenvalue weighted by Gasteiger charge is 2.25. The molecule has 0 heterocycles. The van der Waals surface area contributed by atoms with Crippen LogP contribution in [0.3, 0.4) is 0 Å². The van der Waals surface area contributed by atoms with E-state index >= 15 is 0 Å². The molecule has 0 bridgehead atoms. The van der Waals surface area contributed by atoms with Crippen molar-refractivity contribution in [2.45, 2.75) is 49.6 Å². The molecular weight excluding hydrogens is 341 g/mol. The lowest BCUT2D eigenvalue weighted by atomic mass is 9.94. The number of aliphatic hydroxyl groups is 1. The van der Waals surface area contributed by atoms with E-state index in [0.717, 1.165) is 16.7 Å². The number of aliphatic hydroxyl groups excluding tert-OH is 1. The smallest absolute Gasteiger partial charge is 0.240 e. The third-order valence-electron chi connectivity index (χ3n) is 4.68. The van der Waals surface area contributed by atoms with Gasteiger partial charge in [0.05, 0.1) is 11.0 Å². The quantitative estimate of drug-likeness (QED) is 0.875. The van der Waals surface area contributed by atoms with Crippen LogP contribution in [-0.4, -0.2) is 25.7 Å². The lowest BCUT2D eigenvalue weighted by Crippen LogP contribution is -2.38. The van der Waals surface area contributed by atoms with Gasteiger partial charge in [-0.25, -0.2) is 17.5 Å². The van der Waals surface area contributed by atoms with Crippen LogP contribution in [0.1, 0.15) is 31.2 Å². The number of halogens is 1. The molecule has 0 atom stereocenters. The van der Waals surface area contributed by atoms with Crippen LogP contribution in [0.15, 0.2) is 47.4 Å². The first-order valence-electron chi connectivity index (χ1n) is 8.42. The van der Waals surface area contributed by atoms with Crippen LogP contribution in [0.5, 0.6) is 0 Å². The topological polar surface area (TPSA) is 66.4 Å². The van der Waals surface area contributed by atoms with Gasteiger partial charge < -0.3 is 5.11 Å². The van der Waals surface area contributed by atoms with Gasteiger partial charge in [0.2, 0.25) is 10.0 Å². The summed E-state index contributed by atoms with van der Waals surface area (Å²) in [6, 6.07) is 11.0. The summed E-state index contributed by atoms with van der Waals surface area (Å²) >= 11 is 0. The van der Waals surface area contributed by atoms with Gasteiger partial charge in [-0.1, -0.05) is 18.2 Å². The van der Waals surface area contributed by atoms with Crippen LogP contribution in [-0.2, 0) is 10.0 Å². The van der Waals surface area contributed by atoms with Gasteiger partial charge in [-0.2, -0.15) is 0 Å². The van der Waals surface area contributed by atoms with Crippen LogP contribution >= 0.6 is 0 Å². The zero-order chi connectivity index (χ0) is 18.0. The standard InChI is InChI=1S/C19H22FNO3S/c1-13-12-18(10-11-19(13)14-2-4-15(20)5-3-14)25(23,24)21-16-6-8-17(22)9-7-16/h2-5,10-12,16-17,21-22H,6-9H2,1H3. The zero-order valence-corrected chi connectivity index (χ0v) is 14.9. The number of sulfonamides is 1. The Morgan fingerprint density at radius 1 is 1.04 bits per heavy atom. The Bertz CT molecular complexity index is 841. The van der Waals surface area contributed by atoms with Crippen LogP contribution in [0.4, 0.5) is 4.39 Å². The van der Waals surface area contributed by atoms with Gasteiger partial charge in [-0.15, -0.1) is 0 Å². The molecule has 1 fully saturated rings. The molecule has 0 amide bonds. The molecule has 0 radical (unpaired) electrons. The molecule has 1 aliphatic carbocycles. The molecule has 0 spiro atoms. The van der Waals surface area contributed by atoms with Crippen LogP contribution in [0.2, 0.25) is 0 Å². The normalized spacial score (nSPS) is 21.2. The predicted molar refractivity (Wildman–Crippen MR) is 95.2 cm³/mol. The van der Waals surface area contributed by atoms with Gasteiger partial charge in [0.25, 0.3) is 0 Å². The molecule has 134 valence electrons. The Morgan fingerprint density at radius 2 is 1.68 bits per heavy atom. The molecule has 0 unspecified atom stereocenters. The fourth-order valence-electron chi connectivity index (χ4n) is 3.24. The first kappa shape index (κ1) is 18.0. The number of benzene rings is 2.